The monoisotopic (exact) mass is 493 g/mol. The van der Waals surface area contributed by atoms with Crippen molar-refractivity contribution in [1.82, 2.24) is 4.98 Å². The lowest BCUT2D eigenvalue weighted by Gasteiger charge is -2.24. The van der Waals surface area contributed by atoms with E-state index in [1.165, 1.54) is 11.3 Å². The average Bonchev–Trinajstić information content (AvgIpc) is 3.15. The number of hydrogen-bond donors (Lipinski definition) is 2. The second-order valence-electron chi connectivity index (χ2n) is 9.65. The number of aryl methyl sites for hydroxylation is 4. The Labute approximate surface area is 212 Å². The normalized spacial score (nSPS) is 11.3. The third kappa shape index (κ3) is 6.09. The van der Waals surface area contributed by atoms with Gasteiger partial charge in [-0.25, -0.2) is 4.98 Å². The zero-order valence-corrected chi connectivity index (χ0v) is 22.7. The average molecular weight is 494 g/mol. The number of carbonyl (C=O) groups is 2. The number of nitrogens with zero attached hydrogens (tertiary/aromatic N) is 1. The highest BCUT2D eigenvalue weighted by molar-refractivity contribution is 7.17. The second-order valence-corrected chi connectivity index (χ2v) is 10.6. The van der Waals surface area contributed by atoms with Crippen molar-refractivity contribution in [2.75, 3.05) is 17.7 Å². The van der Waals surface area contributed by atoms with Gasteiger partial charge in [-0.2, -0.15) is 0 Å². The molecule has 0 saturated carbocycles. The maximum absolute atomic E-state index is 13.0. The van der Waals surface area contributed by atoms with Gasteiger partial charge in [0, 0.05) is 11.3 Å². The summed E-state index contributed by atoms with van der Waals surface area (Å²) >= 11 is 1.18. The molecule has 0 aliphatic heterocycles. The molecule has 35 heavy (non-hydrogen) atoms. The fourth-order valence-corrected chi connectivity index (χ4v) is 4.96. The Morgan fingerprint density at radius 2 is 1.69 bits per heavy atom. The highest BCUT2D eigenvalue weighted by Gasteiger charge is 2.22. The first-order valence-electron chi connectivity index (χ1n) is 11.8. The summed E-state index contributed by atoms with van der Waals surface area (Å²) in [7, 11) is 1.61. The van der Waals surface area contributed by atoms with Gasteiger partial charge in [-0.3, -0.25) is 9.59 Å². The van der Waals surface area contributed by atoms with E-state index in [0.717, 1.165) is 39.9 Å². The summed E-state index contributed by atoms with van der Waals surface area (Å²) in [6.45, 7) is 14.3. The summed E-state index contributed by atoms with van der Waals surface area (Å²) in [4.78, 5) is 30.8. The van der Waals surface area contributed by atoms with Crippen molar-refractivity contribution in [2.24, 2.45) is 0 Å². The van der Waals surface area contributed by atoms with E-state index in [4.69, 9.17) is 4.74 Å². The minimum absolute atomic E-state index is 0.000336. The number of nitrogens with one attached hydrogen (secondary N) is 2. The maximum Gasteiger partial charge on any atom is 0.267 e. The standard InChI is InChI=1S/C28H35N3O3S/c1-9-28(6,7)21-10-11-22(34-8)20(14-21)15-23(32)30-27-29-19(5)25(35-27)26(33)31-24-17(3)12-16(2)13-18(24)4/h10-14H,9,15H2,1-8H3,(H,31,33)(H,29,30,32). The van der Waals surface area contributed by atoms with Gasteiger partial charge in [-0.15, -0.1) is 0 Å². The van der Waals surface area contributed by atoms with Crippen molar-refractivity contribution in [3.8, 4) is 5.75 Å². The smallest absolute Gasteiger partial charge is 0.267 e. The highest BCUT2D eigenvalue weighted by Crippen LogP contribution is 2.32. The molecule has 0 spiro atoms. The van der Waals surface area contributed by atoms with E-state index in [1.807, 2.05) is 45.0 Å². The Bertz CT molecular complexity index is 1240. The molecule has 0 fully saturated rings. The Balaban J connectivity index is 1.76. The third-order valence-electron chi connectivity index (χ3n) is 6.46. The van der Waals surface area contributed by atoms with Crippen LogP contribution in [0.15, 0.2) is 30.3 Å². The van der Waals surface area contributed by atoms with Gasteiger partial charge < -0.3 is 15.4 Å². The fourth-order valence-electron chi connectivity index (χ4n) is 4.09. The number of aromatic nitrogens is 1. The van der Waals surface area contributed by atoms with Crippen LogP contribution >= 0.6 is 11.3 Å². The second kappa shape index (κ2) is 10.6. The Kier molecular flexibility index (Phi) is 8.00. The molecule has 1 aromatic heterocycles. The minimum Gasteiger partial charge on any atom is -0.496 e. The number of methoxy groups -OCH3 is 1. The van der Waals surface area contributed by atoms with E-state index in [9.17, 15) is 9.59 Å². The molecule has 0 atom stereocenters. The van der Waals surface area contributed by atoms with Crippen LogP contribution in [0.4, 0.5) is 10.8 Å². The number of hydrogen-bond acceptors (Lipinski definition) is 5. The van der Waals surface area contributed by atoms with Crippen molar-refractivity contribution in [3.05, 3.63) is 68.7 Å². The van der Waals surface area contributed by atoms with E-state index in [-0.39, 0.29) is 23.7 Å². The highest BCUT2D eigenvalue weighted by atomic mass is 32.1. The first-order valence-corrected chi connectivity index (χ1v) is 12.6. The summed E-state index contributed by atoms with van der Waals surface area (Å²) in [6, 6.07) is 10.1. The van der Waals surface area contributed by atoms with Crippen molar-refractivity contribution < 1.29 is 14.3 Å². The molecule has 6 nitrogen and oxygen atoms in total. The number of carbonyl (C=O) groups excluding carboxylic acids is 2. The lowest BCUT2D eigenvalue weighted by molar-refractivity contribution is -0.115. The quantitative estimate of drug-likeness (QED) is 0.375. The van der Waals surface area contributed by atoms with Crippen LogP contribution in [0.1, 0.15) is 70.4 Å². The number of ether oxygens (including phenoxy) is 1. The van der Waals surface area contributed by atoms with Crippen LogP contribution in [0.3, 0.4) is 0 Å². The molecule has 3 aromatic rings. The number of thiazole rings is 1. The molecule has 3 rings (SSSR count). The van der Waals surface area contributed by atoms with Gasteiger partial charge in [0.15, 0.2) is 5.13 Å². The fraction of sp³-hybridized carbons (Fsp3) is 0.393. The molecular weight excluding hydrogens is 458 g/mol. The Morgan fingerprint density at radius 1 is 1.03 bits per heavy atom. The van der Waals surface area contributed by atoms with Crippen LogP contribution in [0.5, 0.6) is 5.75 Å². The minimum atomic E-state index is -0.230. The van der Waals surface area contributed by atoms with Gasteiger partial charge in [0.2, 0.25) is 5.91 Å². The molecule has 7 heteroatoms. The molecule has 0 aliphatic carbocycles. The van der Waals surface area contributed by atoms with Gasteiger partial charge in [-0.05, 0) is 62.3 Å². The molecule has 186 valence electrons. The predicted molar refractivity (Wildman–Crippen MR) is 144 cm³/mol. The number of anilines is 2. The Hall–Kier alpha value is -3.19. The molecule has 1 heterocycles. The summed E-state index contributed by atoms with van der Waals surface area (Å²) in [5.41, 5.74) is 6.53. The zero-order valence-electron chi connectivity index (χ0n) is 21.9. The summed E-state index contributed by atoms with van der Waals surface area (Å²) in [5, 5.41) is 6.27. The molecule has 2 aromatic carbocycles. The molecule has 0 aliphatic rings. The SMILES string of the molecule is CCC(C)(C)c1ccc(OC)c(CC(=O)Nc2nc(C)c(C(=O)Nc3c(C)cc(C)cc3C)s2)c1. The van der Waals surface area contributed by atoms with Crippen LogP contribution in [-0.2, 0) is 16.6 Å². The van der Waals surface area contributed by atoms with Crippen molar-refractivity contribution in [2.45, 2.75) is 66.7 Å². The van der Waals surface area contributed by atoms with Crippen molar-refractivity contribution in [3.63, 3.8) is 0 Å². The van der Waals surface area contributed by atoms with Crippen LogP contribution in [0.25, 0.3) is 0 Å². The molecular formula is C28H35N3O3S. The summed E-state index contributed by atoms with van der Waals surface area (Å²) in [5.74, 6) is 0.238. The van der Waals surface area contributed by atoms with Gasteiger partial charge in [0.1, 0.15) is 10.6 Å². The van der Waals surface area contributed by atoms with Gasteiger partial charge in [-0.1, -0.05) is 61.9 Å². The zero-order chi connectivity index (χ0) is 25.9. The number of benzene rings is 2. The number of amides is 2. The van der Waals surface area contributed by atoms with Crippen molar-refractivity contribution >= 4 is 34.0 Å². The largest absolute Gasteiger partial charge is 0.496 e. The van der Waals surface area contributed by atoms with Gasteiger partial charge in [0.25, 0.3) is 5.91 Å². The van der Waals surface area contributed by atoms with Crippen LogP contribution in [0, 0.1) is 27.7 Å². The molecule has 2 N–H and O–H groups in total. The molecule has 2 amide bonds. The summed E-state index contributed by atoms with van der Waals surface area (Å²) in [6.07, 6.45) is 1.13. The predicted octanol–water partition coefficient (Wildman–Crippen LogP) is 6.51. The van der Waals surface area contributed by atoms with Crippen LogP contribution in [0.2, 0.25) is 0 Å². The molecule has 0 bridgehead atoms. The van der Waals surface area contributed by atoms with Crippen molar-refractivity contribution in [1.29, 1.82) is 0 Å². The van der Waals surface area contributed by atoms with E-state index in [0.29, 0.717) is 21.5 Å². The maximum atomic E-state index is 13.0. The summed E-state index contributed by atoms with van der Waals surface area (Å²) < 4.78 is 5.49. The van der Waals surface area contributed by atoms with E-state index in [2.05, 4.69) is 42.5 Å². The lowest BCUT2D eigenvalue weighted by atomic mass is 9.81. The molecule has 0 saturated heterocycles. The van der Waals surface area contributed by atoms with E-state index >= 15 is 0 Å². The van der Waals surface area contributed by atoms with Crippen LogP contribution in [-0.4, -0.2) is 23.9 Å². The van der Waals surface area contributed by atoms with Crippen LogP contribution < -0.4 is 15.4 Å². The molecule has 0 radical (unpaired) electrons. The first-order chi connectivity index (χ1) is 16.4. The van der Waals surface area contributed by atoms with Gasteiger partial charge >= 0.3 is 0 Å². The van der Waals surface area contributed by atoms with E-state index in [1.54, 1.807) is 14.0 Å². The topological polar surface area (TPSA) is 80.3 Å². The lowest BCUT2D eigenvalue weighted by Crippen LogP contribution is -2.18. The molecule has 0 unspecified atom stereocenters. The van der Waals surface area contributed by atoms with Gasteiger partial charge in [0.05, 0.1) is 19.2 Å². The first kappa shape index (κ1) is 26.4. The third-order valence-corrected chi connectivity index (χ3v) is 7.53. The number of rotatable bonds is 8. The van der Waals surface area contributed by atoms with E-state index < -0.39 is 0 Å². The Morgan fingerprint density at radius 3 is 2.29 bits per heavy atom.